The number of alkyl halides is 1. The average Bonchev–Trinajstić information content (AvgIpc) is 2.02. The van der Waals surface area contributed by atoms with Crippen molar-refractivity contribution >= 4 is 21.6 Å². The normalized spacial score (nSPS) is 10.2. The minimum absolute atomic E-state index is 0.00435. The lowest BCUT2D eigenvalue weighted by Crippen LogP contribution is -2.13. The smallest absolute Gasteiger partial charge is 0.149 e. The van der Waals surface area contributed by atoms with Gasteiger partial charge in [0.15, 0.2) is 0 Å². The van der Waals surface area contributed by atoms with Crippen LogP contribution in [-0.4, -0.2) is 14.1 Å². The first kappa shape index (κ1) is 10.4. The number of rotatable bonds is 2. The van der Waals surface area contributed by atoms with Gasteiger partial charge >= 0.3 is 0 Å². The predicted octanol–water partition coefficient (Wildman–Crippen LogP) is 2.93. The maximum Gasteiger partial charge on any atom is 0.149 e. The zero-order chi connectivity index (χ0) is 10.0. The van der Waals surface area contributed by atoms with Crippen LogP contribution < -0.4 is 4.90 Å². The van der Waals surface area contributed by atoms with Crippen molar-refractivity contribution in [3.05, 3.63) is 29.3 Å². The predicted molar refractivity (Wildman–Crippen MR) is 53.3 cm³/mol. The molecule has 0 amide bonds. The van der Waals surface area contributed by atoms with Gasteiger partial charge in [0.05, 0.1) is 0 Å². The number of benzene rings is 1. The first-order valence-corrected chi connectivity index (χ1v) is 4.89. The van der Waals surface area contributed by atoms with E-state index in [2.05, 4.69) is 15.9 Å². The van der Waals surface area contributed by atoms with E-state index in [1.54, 1.807) is 14.1 Å². The summed E-state index contributed by atoms with van der Waals surface area (Å²) < 4.78 is 26.5. The van der Waals surface area contributed by atoms with Gasteiger partial charge in [-0.25, -0.2) is 8.78 Å². The fourth-order valence-electron chi connectivity index (χ4n) is 1.12. The van der Waals surface area contributed by atoms with Crippen molar-refractivity contribution in [2.24, 2.45) is 0 Å². The SMILES string of the molecule is CN(C)c1c(F)cc(CBr)cc1F. The van der Waals surface area contributed by atoms with Gasteiger partial charge in [0.2, 0.25) is 0 Å². The standard InChI is InChI=1S/C9H10BrF2N/c1-13(2)9-7(11)3-6(5-10)4-8(9)12/h3-4H,5H2,1-2H3. The highest BCUT2D eigenvalue weighted by Gasteiger charge is 2.11. The Labute approximate surface area is 84.5 Å². The molecule has 1 nitrogen and oxygen atoms in total. The molecule has 0 radical (unpaired) electrons. The Kier molecular flexibility index (Phi) is 3.25. The maximum absolute atomic E-state index is 13.2. The molecule has 0 bridgehead atoms. The molecule has 13 heavy (non-hydrogen) atoms. The lowest BCUT2D eigenvalue weighted by atomic mass is 10.2. The van der Waals surface area contributed by atoms with E-state index >= 15 is 0 Å². The molecule has 0 saturated carbocycles. The summed E-state index contributed by atoms with van der Waals surface area (Å²) in [5.74, 6) is -1.06. The molecule has 0 aliphatic heterocycles. The van der Waals surface area contributed by atoms with Crippen molar-refractivity contribution in [1.82, 2.24) is 0 Å². The van der Waals surface area contributed by atoms with E-state index in [1.807, 2.05) is 0 Å². The van der Waals surface area contributed by atoms with E-state index < -0.39 is 11.6 Å². The quantitative estimate of drug-likeness (QED) is 0.729. The second-order valence-corrected chi connectivity index (χ2v) is 3.50. The third kappa shape index (κ3) is 2.18. The number of anilines is 1. The Morgan fingerprint density at radius 3 is 2.00 bits per heavy atom. The van der Waals surface area contributed by atoms with Crippen molar-refractivity contribution < 1.29 is 8.78 Å². The summed E-state index contributed by atoms with van der Waals surface area (Å²) in [6.07, 6.45) is 0. The molecule has 0 aromatic heterocycles. The van der Waals surface area contributed by atoms with Gasteiger partial charge in [0.1, 0.15) is 17.3 Å². The molecule has 0 saturated heterocycles. The Balaban J connectivity index is 3.23. The molecule has 0 heterocycles. The largest absolute Gasteiger partial charge is 0.373 e. The van der Waals surface area contributed by atoms with Gasteiger partial charge in [-0.1, -0.05) is 15.9 Å². The minimum Gasteiger partial charge on any atom is -0.373 e. The summed E-state index contributed by atoms with van der Waals surface area (Å²) in [7, 11) is 3.21. The topological polar surface area (TPSA) is 3.24 Å². The van der Waals surface area contributed by atoms with Crippen molar-refractivity contribution in [2.75, 3.05) is 19.0 Å². The molecule has 72 valence electrons. The van der Waals surface area contributed by atoms with Crippen LogP contribution in [0.2, 0.25) is 0 Å². The van der Waals surface area contributed by atoms with Crippen LogP contribution in [0.4, 0.5) is 14.5 Å². The molecule has 0 unspecified atom stereocenters. The summed E-state index contributed by atoms with van der Waals surface area (Å²) in [5.41, 5.74) is 0.602. The first-order chi connectivity index (χ1) is 6.06. The van der Waals surface area contributed by atoms with Gasteiger partial charge in [0, 0.05) is 19.4 Å². The molecule has 0 fully saturated rings. The minimum atomic E-state index is -0.528. The third-order valence-corrected chi connectivity index (χ3v) is 2.33. The van der Waals surface area contributed by atoms with E-state index in [0.717, 1.165) is 0 Å². The number of halogens is 3. The van der Waals surface area contributed by atoms with Gasteiger partial charge in [-0.2, -0.15) is 0 Å². The second-order valence-electron chi connectivity index (χ2n) is 2.94. The highest BCUT2D eigenvalue weighted by atomic mass is 79.9. The van der Waals surface area contributed by atoms with Crippen LogP contribution >= 0.6 is 15.9 Å². The zero-order valence-electron chi connectivity index (χ0n) is 7.44. The van der Waals surface area contributed by atoms with Crippen molar-refractivity contribution in [2.45, 2.75) is 5.33 Å². The van der Waals surface area contributed by atoms with Gasteiger partial charge < -0.3 is 4.90 Å². The molecular formula is C9H10BrF2N. The van der Waals surface area contributed by atoms with E-state index in [9.17, 15) is 8.78 Å². The third-order valence-electron chi connectivity index (χ3n) is 1.68. The van der Waals surface area contributed by atoms with Gasteiger partial charge in [-0.15, -0.1) is 0 Å². The summed E-state index contributed by atoms with van der Waals surface area (Å²) in [4.78, 5) is 1.42. The van der Waals surface area contributed by atoms with Crippen LogP contribution in [0.15, 0.2) is 12.1 Å². The Morgan fingerprint density at radius 1 is 1.23 bits per heavy atom. The van der Waals surface area contributed by atoms with Gasteiger partial charge in [0.25, 0.3) is 0 Å². The average molecular weight is 250 g/mol. The van der Waals surface area contributed by atoms with E-state index in [-0.39, 0.29) is 5.69 Å². The number of nitrogens with zero attached hydrogens (tertiary/aromatic N) is 1. The molecular weight excluding hydrogens is 240 g/mol. The molecule has 0 atom stereocenters. The summed E-state index contributed by atoms with van der Waals surface area (Å²) in [5, 5.41) is 0.453. The Morgan fingerprint density at radius 2 is 1.69 bits per heavy atom. The van der Waals surface area contributed by atoms with E-state index in [0.29, 0.717) is 10.9 Å². The van der Waals surface area contributed by atoms with Crippen LogP contribution in [0, 0.1) is 11.6 Å². The number of hydrogen-bond donors (Lipinski definition) is 0. The second kappa shape index (κ2) is 4.05. The lowest BCUT2D eigenvalue weighted by molar-refractivity contribution is 0.580. The number of hydrogen-bond acceptors (Lipinski definition) is 1. The highest BCUT2D eigenvalue weighted by Crippen LogP contribution is 2.23. The highest BCUT2D eigenvalue weighted by molar-refractivity contribution is 9.08. The van der Waals surface area contributed by atoms with E-state index in [4.69, 9.17) is 0 Å². The summed E-state index contributed by atoms with van der Waals surface area (Å²) in [6.45, 7) is 0. The molecule has 1 rings (SSSR count). The first-order valence-electron chi connectivity index (χ1n) is 3.77. The van der Waals surface area contributed by atoms with Crippen LogP contribution in [0.3, 0.4) is 0 Å². The Hall–Kier alpha value is -0.640. The monoisotopic (exact) mass is 249 g/mol. The fourth-order valence-corrected chi connectivity index (χ4v) is 1.45. The molecule has 0 aliphatic rings. The molecule has 0 N–H and O–H groups in total. The van der Waals surface area contributed by atoms with Crippen LogP contribution in [-0.2, 0) is 5.33 Å². The van der Waals surface area contributed by atoms with Gasteiger partial charge in [-0.3, -0.25) is 0 Å². The van der Waals surface area contributed by atoms with Crippen LogP contribution in [0.25, 0.3) is 0 Å². The van der Waals surface area contributed by atoms with Crippen molar-refractivity contribution in [3.8, 4) is 0 Å². The van der Waals surface area contributed by atoms with Gasteiger partial charge in [-0.05, 0) is 17.7 Å². The Bertz CT molecular complexity index is 289. The summed E-state index contributed by atoms with van der Waals surface area (Å²) >= 11 is 3.14. The molecule has 1 aromatic carbocycles. The fraction of sp³-hybridized carbons (Fsp3) is 0.333. The van der Waals surface area contributed by atoms with Crippen LogP contribution in [0.5, 0.6) is 0 Å². The lowest BCUT2D eigenvalue weighted by Gasteiger charge is -2.14. The van der Waals surface area contributed by atoms with Crippen LogP contribution in [0.1, 0.15) is 5.56 Å². The molecule has 0 spiro atoms. The zero-order valence-corrected chi connectivity index (χ0v) is 9.03. The summed E-state index contributed by atoms with van der Waals surface area (Å²) in [6, 6.07) is 2.65. The van der Waals surface area contributed by atoms with Crippen molar-refractivity contribution in [1.29, 1.82) is 0 Å². The molecule has 0 aliphatic carbocycles. The van der Waals surface area contributed by atoms with Crippen molar-refractivity contribution in [3.63, 3.8) is 0 Å². The molecule has 4 heteroatoms. The van der Waals surface area contributed by atoms with E-state index in [1.165, 1.54) is 17.0 Å². The maximum atomic E-state index is 13.2. The molecule has 1 aromatic rings.